The average molecular weight is 430 g/mol. The van der Waals surface area contributed by atoms with Crippen LogP contribution in [0.1, 0.15) is 41.8 Å². The highest BCUT2D eigenvalue weighted by Crippen LogP contribution is 2.47. The maximum Gasteiger partial charge on any atom is 0.511 e. The van der Waals surface area contributed by atoms with Crippen molar-refractivity contribution < 1.29 is 28.6 Å². The molecule has 3 heterocycles. The minimum absolute atomic E-state index is 0.00866. The monoisotopic (exact) mass is 430 g/mol. The van der Waals surface area contributed by atoms with Crippen LogP contribution in [0.15, 0.2) is 22.0 Å². The van der Waals surface area contributed by atoms with Gasteiger partial charge in [0.1, 0.15) is 17.0 Å². The van der Waals surface area contributed by atoms with E-state index in [9.17, 15) is 9.59 Å². The lowest BCUT2D eigenvalue weighted by Gasteiger charge is -2.37. The van der Waals surface area contributed by atoms with Crippen LogP contribution in [0.4, 0.5) is 9.80 Å². The average Bonchev–Trinajstić information content (AvgIpc) is 3.30. The van der Waals surface area contributed by atoms with Gasteiger partial charge in [-0.2, -0.15) is 0 Å². The van der Waals surface area contributed by atoms with E-state index in [1.54, 1.807) is 6.26 Å². The van der Waals surface area contributed by atoms with Crippen molar-refractivity contribution in [3.8, 4) is 11.5 Å². The molecule has 1 fully saturated rings. The molecule has 4 aliphatic rings. The van der Waals surface area contributed by atoms with Crippen LogP contribution in [-0.4, -0.2) is 28.8 Å². The molecule has 2 bridgehead atoms. The zero-order chi connectivity index (χ0) is 20.8. The van der Waals surface area contributed by atoms with Crippen molar-refractivity contribution >= 4 is 28.4 Å². The predicted octanol–water partition coefficient (Wildman–Crippen LogP) is 4.49. The number of carbonyl (C=O) groups is 2. The molecule has 0 radical (unpaired) electrons. The number of hydrogen-bond acceptors (Lipinski definition) is 7. The van der Waals surface area contributed by atoms with Crippen molar-refractivity contribution in [3.63, 3.8) is 0 Å². The number of carboxylic acid groups (broad SMARTS) is 1. The summed E-state index contributed by atoms with van der Waals surface area (Å²) in [5.74, 6) is 0.508. The molecular weight excluding hydrogens is 408 g/mol. The van der Waals surface area contributed by atoms with E-state index in [2.05, 4.69) is 10.3 Å². The zero-order valence-electron chi connectivity index (χ0n) is 16.5. The minimum Gasteiger partial charge on any atom is -0.449 e. The van der Waals surface area contributed by atoms with Gasteiger partial charge >= 0.3 is 6.16 Å². The first kappa shape index (κ1) is 19.3. The molecule has 2 N–H and O–H groups in total. The molecular formula is C21H22N2O6S. The van der Waals surface area contributed by atoms with Crippen LogP contribution in [0.2, 0.25) is 0 Å². The van der Waals surface area contributed by atoms with Gasteiger partial charge in [-0.15, -0.1) is 11.3 Å². The lowest BCUT2D eigenvalue weighted by Crippen LogP contribution is -2.34. The van der Waals surface area contributed by atoms with Crippen molar-refractivity contribution in [2.24, 2.45) is 11.8 Å². The SMILES string of the molecule is Cc1coc(-c2c(NC(=O)C3=C(OC(=O)O)C4CCC3CC4)sc3c2CCOC3)n1. The summed E-state index contributed by atoms with van der Waals surface area (Å²) in [7, 11) is 0. The van der Waals surface area contributed by atoms with Gasteiger partial charge in [-0.05, 0) is 50.5 Å². The van der Waals surface area contributed by atoms with Crippen LogP contribution >= 0.6 is 11.3 Å². The van der Waals surface area contributed by atoms with Gasteiger partial charge in [0, 0.05) is 10.8 Å². The molecule has 9 heteroatoms. The Kier molecular flexibility index (Phi) is 4.86. The van der Waals surface area contributed by atoms with Crippen molar-refractivity contribution in [3.05, 3.63) is 33.7 Å². The van der Waals surface area contributed by atoms with Gasteiger partial charge in [-0.1, -0.05) is 0 Å². The Hall–Kier alpha value is -2.65. The third-order valence-corrected chi connectivity index (χ3v) is 7.21. The van der Waals surface area contributed by atoms with Gasteiger partial charge < -0.3 is 24.3 Å². The van der Waals surface area contributed by atoms with Gasteiger partial charge in [-0.25, -0.2) is 9.78 Å². The number of anilines is 1. The standard InChI is InChI=1S/C21H22N2O6S/c1-10-8-28-19(22-10)16-13-6-7-27-9-14(13)30-20(16)23-18(24)15-11-2-4-12(5-3-11)17(15)29-21(25)26/h8,11-12H,2-7,9H2,1H3,(H,23,24)(H,25,26). The maximum atomic E-state index is 13.3. The van der Waals surface area contributed by atoms with Crippen LogP contribution in [0, 0.1) is 18.8 Å². The molecule has 1 amide bonds. The van der Waals surface area contributed by atoms with Crippen LogP contribution in [-0.2, 0) is 27.3 Å². The topological polar surface area (TPSA) is 111 Å². The molecule has 0 unspecified atom stereocenters. The number of allylic oxidation sites excluding steroid dienone is 1. The van der Waals surface area contributed by atoms with E-state index in [1.165, 1.54) is 11.3 Å². The predicted molar refractivity (Wildman–Crippen MR) is 108 cm³/mol. The van der Waals surface area contributed by atoms with E-state index in [0.717, 1.165) is 53.8 Å². The van der Waals surface area contributed by atoms with E-state index >= 15 is 0 Å². The van der Waals surface area contributed by atoms with Gasteiger partial charge in [-0.3, -0.25) is 4.79 Å². The van der Waals surface area contributed by atoms with Crippen LogP contribution in [0.25, 0.3) is 11.5 Å². The number of ether oxygens (including phenoxy) is 2. The summed E-state index contributed by atoms with van der Waals surface area (Å²) in [6.07, 6.45) is 4.40. The zero-order valence-corrected chi connectivity index (χ0v) is 17.3. The lowest BCUT2D eigenvalue weighted by molar-refractivity contribution is -0.114. The molecule has 8 nitrogen and oxygen atoms in total. The quantitative estimate of drug-likeness (QED) is 0.688. The summed E-state index contributed by atoms with van der Waals surface area (Å²) in [6, 6.07) is 0. The van der Waals surface area contributed by atoms with Gasteiger partial charge in [0.2, 0.25) is 5.89 Å². The Morgan fingerprint density at radius 1 is 1.27 bits per heavy atom. The fraction of sp³-hybridized carbons (Fsp3) is 0.476. The third-order valence-electron chi connectivity index (χ3n) is 6.09. The second kappa shape index (κ2) is 7.55. The fourth-order valence-electron chi connectivity index (χ4n) is 4.78. The molecule has 2 aromatic heterocycles. The number of amides is 1. The normalized spacial score (nSPS) is 22.7. The molecule has 0 atom stereocenters. The van der Waals surface area contributed by atoms with Gasteiger partial charge in [0.15, 0.2) is 0 Å². The van der Waals surface area contributed by atoms with Crippen LogP contribution < -0.4 is 5.32 Å². The number of aromatic nitrogens is 1. The first-order valence-corrected chi connectivity index (χ1v) is 10.9. The minimum atomic E-state index is -1.37. The van der Waals surface area contributed by atoms with E-state index in [-0.39, 0.29) is 17.7 Å². The molecule has 0 saturated heterocycles. The molecule has 3 aliphatic carbocycles. The summed E-state index contributed by atoms with van der Waals surface area (Å²) in [5.41, 5.74) is 3.11. The van der Waals surface area contributed by atoms with Gasteiger partial charge in [0.25, 0.3) is 5.91 Å². The molecule has 158 valence electrons. The lowest BCUT2D eigenvalue weighted by atomic mass is 9.70. The van der Waals surface area contributed by atoms with E-state index in [4.69, 9.17) is 19.0 Å². The van der Waals surface area contributed by atoms with Crippen molar-refractivity contribution in [2.75, 3.05) is 11.9 Å². The third kappa shape index (κ3) is 3.31. The number of nitrogens with zero attached hydrogens (tertiary/aromatic N) is 1. The Labute approximate surface area is 176 Å². The summed E-state index contributed by atoms with van der Waals surface area (Å²) in [4.78, 5) is 30.1. The molecule has 2 aromatic rings. The molecule has 1 aliphatic heterocycles. The first-order chi connectivity index (χ1) is 14.5. The second-order valence-electron chi connectivity index (χ2n) is 7.95. The maximum absolute atomic E-state index is 13.3. The largest absolute Gasteiger partial charge is 0.511 e. The molecule has 1 saturated carbocycles. The highest BCUT2D eigenvalue weighted by molar-refractivity contribution is 7.17. The van der Waals surface area contributed by atoms with Crippen molar-refractivity contribution in [1.29, 1.82) is 0 Å². The number of nitrogens with one attached hydrogen (secondary N) is 1. The number of thiophene rings is 1. The highest BCUT2D eigenvalue weighted by Gasteiger charge is 2.41. The van der Waals surface area contributed by atoms with E-state index in [0.29, 0.717) is 35.4 Å². The smallest absolute Gasteiger partial charge is 0.449 e. The number of fused-ring (bicyclic) bond motifs is 3. The van der Waals surface area contributed by atoms with Crippen molar-refractivity contribution in [2.45, 2.75) is 45.6 Å². The Balaban J connectivity index is 1.53. The summed E-state index contributed by atoms with van der Waals surface area (Å²) in [6.45, 7) is 2.95. The van der Waals surface area contributed by atoms with E-state index in [1.807, 2.05) is 6.92 Å². The first-order valence-electron chi connectivity index (χ1n) is 10.1. The summed E-state index contributed by atoms with van der Waals surface area (Å²) >= 11 is 1.46. The highest BCUT2D eigenvalue weighted by atomic mass is 32.1. The Morgan fingerprint density at radius 3 is 2.73 bits per heavy atom. The Morgan fingerprint density at radius 2 is 2.03 bits per heavy atom. The summed E-state index contributed by atoms with van der Waals surface area (Å²) < 4.78 is 16.3. The number of hydrogen-bond donors (Lipinski definition) is 2. The number of aryl methyl sites for hydroxylation is 1. The van der Waals surface area contributed by atoms with E-state index < -0.39 is 6.16 Å². The molecule has 0 aromatic carbocycles. The Bertz CT molecular complexity index is 1040. The van der Waals surface area contributed by atoms with Crippen LogP contribution in [0.3, 0.4) is 0 Å². The fourth-order valence-corrected chi connectivity index (χ4v) is 5.95. The van der Waals surface area contributed by atoms with Gasteiger partial charge in [0.05, 0.1) is 30.0 Å². The number of oxazole rings is 1. The molecule has 6 rings (SSSR count). The van der Waals surface area contributed by atoms with Crippen molar-refractivity contribution in [1.82, 2.24) is 4.98 Å². The summed E-state index contributed by atoms with van der Waals surface area (Å²) in [5, 5.41) is 12.8. The second-order valence-corrected chi connectivity index (χ2v) is 9.06. The number of carbonyl (C=O) groups excluding carboxylic acids is 1. The van der Waals surface area contributed by atoms with Crippen LogP contribution in [0.5, 0.6) is 0 Å². The molecule has 30 heavy (non-hydrogen) atoms. The molecule has 0 spiro atoms. The number of rotatable bonds is 4.